The molecule has 1 fully saturated rings. The monoisotopic (exact) mass is 375 g/mol. The first-order valence-corrected chi connectivity index (χ1v) is 8.21. The van der Waals surface area contributed by atoms with Gasteiger partial charge in [0.1, 0.15) is 5.41 Å². The molecule has 1 aliphatic rings. The van der Waals surface area contributed by atoms with Crippen LogP contribution in [0.2, 0.25) is 0 Å². The van der Waals surface area contributed by atoms with E-state index in [4.69, 9.17) is 15.7 Å². The van der Waals surface area contributed by atoms with E-state index in [1.165, 1.54) is 0 Å². The first-order chi connectivity index (χ1) is 9.99. The van der Waals surface area contributed by atoms with Crippen LogP contribution in [0.3, 0.4) is 0 Å². The van der Waals surface area contributed by atoms with E-state index in [9.17, 15) is 4.79 Å². The van der Waals surface area contributed by atoms with E-state index in [2.05, 4.69) is 21.1 Å². The van der Waals surface area contributed by atoms with Gasteiger partial charge in [0.15, 0.2) is 5.84 Å². The van der Waals surface area contributed by atoms with Crippen molar-refractivity contribution in [3.8, 4) is 0 Å². The van der Waals surface area contributed by atoms with E-state index < -0.39 is 5.41 Å². The van der Waals surface area contributed by atoms with Crippen molar-refractivity contribution in [2.24, 2.45) is 16.3 Å². The summed E-state index contributed by atoms with van der Waals surface area (Å²) in [4.78, 5) is 15.5. The molecule has 6 nitrogen and oxygen atoms in total. The van der Waals surface area contributed by atoms with Crippen LogP contribution in [-0.2, 0) is 16.1 Å². The molecule has 0 bridgehead atoms. The zero-order valence-electron chi connectivity index (χ0n) is 11.7. The molecule has 1 aliphatic heterocycles. The second-order valence-electron chi connectivity index (χ2n) is 5.07. The highest BCUT2D eigenvalue weighted by Gasteiger charge is 2.46. The van der Waals surface area contributed by atoms with Crippen molar-refractivity contribution >= 4 is 39.0 Å². The molecule has 1 aromatic rings. The topological polar surface area (TPSA) is 88.2 Å². The van der Waals surface area contributed by atoms with Crippen LogP contribution in [-0.4, -0.2) is 42.1 Å². The van der Waals surface area contributed by atoms with Gasteiger partial charge in [-0.05, 0) is 34.8 Å². The molecule has 0 radical (unpaired) electrons. The number of nitrogens with two attached hydrogens (primary N) is 1. The number of amides is 1. The Morgan fingerprint density at radius 1 is 1.62 bits per heavy atom. The van der Waals surface area contributed by atoms with Crippen molar-refractivity contribution in [2.75, 3.05) is 20.3 Å². The lowest BCUT2D eigenvalue weighted by Gasteiger charge is -2.37. The van der Waals surface area contributed by atoms with Gasteiger partial charge in [-0.1, -0.05) is 5.16 Å². The Labute approximate surface area is 135 Å². The summed E-state index contributed by atoms with van der Waals surface area (Å²) in [7, 11) is 1.73. The van der Waals surface area contributed by atoms with Crippen molar-refractivity contribution in [1.29, 1.82) is 0 Å². The number of rotatable bonds is 4. The summed E-state index contributed by atoms with van der Waals surface area (Å²) in [5.41, 5.74) is 4.85. The third-order valence-corrected chi connectivity index (χ3v) is 5.40. The molecule has 2 rings (SSSR count). The van der Waals surface area contributed by atoms with Gasteiger partial charge in [-0.15, -0.1) is 11.3 Å². The molecule has 0 aromatic carbocycles. The standard InChI is InChI=1S/C13H18BrN3O3S/c1-17(7-10-6-9(14)8-21-10)12(18)13(11(15)16-19)2-4-20-5-3-13/h6,8,19H,2-5,7H2,1H3,(H2,15,16). The Kier molecular flexibility index (Phi) is 5.23. The third kappa shape index (κ3) is 3.38. The van der Waals surface area contributed by atoms with Gasteiger partial charge in [-0.2, -0.15) is 0 Å². The van der Waals surface area contributed by atoms with Crippen LogP contribution in [0.4, 0.5) is 0 Å². The van der Waals surface area contributed by atoms with Gasteiger partial charge < -0.3 is 20.6 Å². The zero-order chi connectivity index (χ0) is 15.5. The SMILES string of the molecule is CN(Cc1cc(Br)cs1)C(=O)C1(C(N)=NO)CCOCC1. The van der Waals surface area contributed by atoms with Crippen molar-refractivity contribution in [1.82, 2.24) is 4.90 Å². The quantitative estimate of drug-likeness (QED) is 0.364. The molecule has 0 aliphatic carbocycles. The second-order valence-corrected chi connectivity index (χ2v) is 6.98. The summed E-state index contributed by atoms with van der Waals surface area (Å²) < 4.78 is 6.30. The highest BCUT2D eigenvalue weighted by molar-refractivity contribution is 9.10. The largest absolute Gasteiger partial charge is 0.409 e. The minimum atomic E-state index is -0.962. The Morgan fingerprint density at radius 3 is 2.81 bits per heavy atom. The fraction of sp³-hybridized carbons (Fsp3) is 0.538. The maximum Gasteiger partial charge on any atom is 0.236 e. The molecule has 2 heterocycles. The highest BCUT2D eigenvalue weighted by atomic mass is 79.9. The Balaban J connectivity index is 2.17. The highest BCUT2D eigenvalue weighted by Crippen LogP contribution is 2.33. The lowest BCUT2D eigenvalue weighted by molar-refractivity contribution is -0.141. The number of hydrogen-bond donors (Lipinski definition) is 2. The van der Waals surface area contributed by atoms with Crippen molar-refractivity contribution in [3.63, 3.8) is 0 Å². The van der Waals surface area contributed by atoms with Gasteiger partial charge >= 0.3 is 0 Å². The summed E-state index contributed by atoms with van der Waals surface area (Å²) in [6, 6.07) is 1.98. The van der Waals surface area contributed by atoms with E-state index in [1.807, 2.05) is 11.4 Å². The molecular formula is C13H18BrN3O3S. The minimum absolute atomic E-state index is 0.0324. The fourth-order valence-electron chi connectivity index (χ4n) is 2.50. The van der Waals surface area contributed by atoms with Crippen LogP contribution in [0, 0.1) is 5.41 Å². The average Bonchev–Trinajstić information content (AvgIpc) is 2.91. The molecule has 8 heteroatoms. The molecular weight excluding hydrogens is 358 g/mol. The van der Waals surface area contributed by atoms with Crippen LogP contribution in [0.15, 0.2) is 21.1 Å². The van der Waals surface area contributed by atoms with E-state index in [0.29, 0.717) is 32.6 Å². The zero-order valence-corrected chi connectivity index (χ0v) is 14.1. The molecule has 116 valence electrons. The molecule has 0 saturated carbocycles. The van der Waals surface area contributed by atoms with Crippen molar-refractivity contribution < 1.29 is 14.7 Å². The first kappa shape index (κ1) is 16.3. The van der Waals surface area contributed by atoms with Crippen molar-refractivity contribution in [2.45, 2.75) is 19.4 Å². The van der Waals surface area contributed by atoms with Gasteiger partial charge in [0.05, 0.1) is 6.54 Å². The average molecular weight is 376 g/mol. The Hall–Kier alpha value is -1.12. The maximum atomic E-state index is 12.8. The van der Waals surface area contributed by atoms with E-state index in [0.717, 1.165) is 9.35 Å². The number of nitrogens with zero attached hydrogens (tertiary/aromatic N) is 2. The fourth-order valence-corrected chi connectivity index (χ4v) is 4.01. The summed E-state index contributed by atoms with van der Waals surface area (Å²) in [5.74, 6) is -0.166. The lowest BCUT2D eigenvalue weighted by Crippen LogP contribution is -2.52. The predicted octanol–water partition coefficient (Wildman–Crippen LogP) is 2.01. The predicted molar refractivity (Wildman–Crippen MR) is 84.4 cm³/mol. The summed E-state index contributed by atoms with van der Waals surface area (Å²) in [6.07, 6.45) is 0.862. The normalized spacial score (nSPS) is 18.5. The van der Waals surface area contributed by atoms with Crippen LogP contribution in [0.25, 0.3) is 0 Å². The number of carbonyl (C=O) groups excluding carboxylic acids is 1. The molecule has 0 atom stereocenters. The van der Waals surface area contributed by atoms with Crippen LogP contribution < -0.4 is 5.73 Å². The van der Waals surface area contributed by atoms with Gasteiger partial charge in [-0.25, -0.2) is 0 Å². The molecule has 0 spiro atoms. The summed E-state index contributed by atoms with van der Waals surface area (Å²) in [5, 5.41) is 14.1. The van der Waals surface area contributed by atoms with Crippen LogP contribution in [0.5, 0.6) is 0 Å². The lowest BCUT2D eigenvalue weighted by atomic mass is 9.77. The Morgan fingerprint density at radius 2 is 2.29 bits per heavy atom. The van der Waals surface area contributed by atoms with E-state index >= 15 is 0 Å². The molecule has 1 saturated heterocycles. The number of oxime groups is 1. The number of thiophene rings is 1. The number of halogens is 1. The van der Waals surface area contributed by atoms with Gasteiger partial charge in [0, 0.05) is 35.0 Å². The van der Waals surface area contributed by atoms with Crippen LogP contribution >= 0.6 is 27.3 Å². The smallest absolute Gasteiger partial charge is 0.236 e. The molecule has 0 unspecified atom stereocenters. The first-order valence-electron chi connectivity index (χ1n) is 6.54. The maximum absolute atomic E-state index is 12.8. The molecule has 3 N–H and O–H groups in total. The second kappa shape index (κ2) is 6.76. The minimum Gasteiger partial charge on any atom is -0.409 e. The van der Waals surface area contributed by atoms with Gasteiger partial charge in [0.25, 0.3) is 0 Å². The molecule has 21 heavy (non-hydrogen) atoms. The summed E-state index contributed by atoms with van der Waals surface area (Å²) >= 11 is 4.98. The number of carbonyl (C=O) groups is 1. The Bertz CT molecular complexity index is 541. The summed E-state index contributed by atoms with van der Waals surface area (Å²) in [6.45, 7) is 1.36. The molecule has 1 aromatic heterocycles. The molecule has 1 amide bonds. The number of hydrogen-bond acceptors (Lipinski definition) is 5. The van der Waals surface area contributed by atoms with Gasteiger partial charge in [0.2, 0.25) is 5.91 Å². The number of ether oxygens (including phenoxy) is 1. The van der Waals surface area contributed by atoms with E-state index in [1.54, 1.807) is 23.3 Å². The van der Waals surface area contributed by atoms with Crippen molar-refractivity contribution in [3.05, 3.63) is 20.8 Å². The van der Waals surface area contributed by atoms with Crippen LogP contribution in [0.1, 0.15) is 17.7 Å². The van der Waals surface area contributed by atoms with E-state index in [-0.39, 0.29) is 11.7 Å². The third-order valence-electron chi connectivity index (χ3n) is 3.72. The number of amidine groups is 1. The van der Waals surface area contributed by atoms with Gasteiger partial charge in [-0.3, -0.25) is 4.79 Å².